The minimum absolute atomic E-state index is 0.00205. The van der Waals surface area contributed by atoms with Crippen molar-refractivity contribution >= 4 is 5.97 Å². The summed E-state index contributed by atoms with van der Waals surface area (Å²) in [6, 6.07) is 3.60. The molecule has 0 unspecified atom stereocenters. The van der Waals surface area contributed by atoms with Crippen LogP contribution in [0.1, 0.15) is 5.56 Å². The minimum atomic E-state index is -0.712. The number of ether oxygens (including phenoxy) is 1. The molecule has 15 heavy (non-hydrogen) atoms. The van der Waals surface area contributed by atoms with Crippen LogP contribution >= 0.6 is 0 Å². The molecule has 0 fully saturated rings. The molecule has 0 saturated carbocycles. The monoisotopic (exact) mass is 210 g/mol. The summed E-state index contributed by atoms with van der Waals surface area (Å²) in [7, 11) is 0. The Kier molecular flexibility index (Phi) is 4.69. The Morgan fingerprint density at radius 2 is 2.40 bits per heavy atom. The Labute approximate surface area is 87.6 Å². The van der Waals surface area contributed by atoms with E-state index in [1.807, 2.05) is 6.07 Å². The average Bonchev–Trinajstić information content (AvgIpc) is 2.25. The first-order valence-corrected chi connectivity index (χ1v) is 4.47. The molecule has 0 saturated heterocycles. The quantitative estimate of drug-likeness (QED) is 0.421. The zero-order valence-electron chi connectivity index (χ0n) is 8.22. The predicted octanol–water partition coefficient (Wildman–Crippen LogP) is -1.08. The number of rotatable bonds is 5. The van der Waals surface area contributed by atoms with Crippen molar-refractivity contribution in [2.75, 3.05) is 6.54 Å². The van der Waals surface area contributed by atoms with E-state index in [9.17, 15) is 4.79 Å². The fourth-order valence-electron chi connectivity index (χ4n) is 0.900. The zero-order valence-corrected chi connectivity index (χ0v) is 8.22. The molecule has 0 aliphatic carbocycles. The van der Waals surface area contributed by atoms with E-state index in [1.165, 1.54) is 0 Å². The van der Waals surface area contributed by atoms with E-state index < -0.39 is 12.3 Å². The van der Waals surface area contributed by atoms with Gasteiger partial charge in [-0.1, -0.05) is 6.07 Å². The SMILES string of the molecule is NC(N)NCC(=O)OCc1cccnc1. The van der Waals surface area contributed by atoms with Crippen LogP contribution in [0.3, 0.4) is 0 Å². The standard InChI is InChI=1S/C9H14N4O2/c10-9(11)13-5-8(14)15-6-7-2-1-3-12-4-7/h1-4,9,13H,5-6,10-11H2. The van der Waals surface area contributed by atoms with Gasteiger partial charge in [0.2, 0.25) is 0 Å². The number of aromatic nitrogens is 1. The number of carbonyl (C=O) groups excluding carboxylic acids is 1. The number of pyridine rings is 1. The topological polar surface area (TPSA) is 103 Å². The van der Waals surface area contributed by atoms with Gasteiger partial charge in [-0.3, -0.25) is 15.1 Å². The van der Waals surface area contributed by atoms with Crippen LogP contribution in [0, 0.1) is 0 Å². The van der Waals surface area contributed by atoms with Crippen LogP contribution in [0.15, 0.2) is 24.5 Å². The van der Waals surface area contributed by atoms with Crippen molar-refractivity contribution in [3.63, 3.8) is 0 Å². The second-order valence-electron chi connectivity index (χ2n) is 2.93. The molecule has 0 atom stereocenters. The largest absolute Gasteiger partial charge is 0.460 e. The first-order valence-electron chi connectivity index (χ1n) is 4.47. The summed E-state index contributed by atoms with van der Waals surface area (Å²) in [6.07, 6.45) is 2.58. The fraction of sp³-hybridized carbons (Fsp3) is 0.333. The van der Waals surface area contributed by atoms with Crippen LogP contribution in [0.25, 0.3) is 0 Å². The van der Waals surface area contributed by atoms with Gasteiger partial charge in [0.05, 0.1) is 6.54 Å². The summed E-state index contributed by atoms with van der Waals surface area (Å²) >= 11 is 0. The normalized spacial score (nSPS) is 10.3. The van der Waals surface area contributed by atoms with Crippen molar-refractivity contribution in [1.29, 1.82) is 0 Å². The second kappa shape index (κ2) is 6.07. The lowest BCUT2D eigenvalue weighted by Gasteiger charge is -2.08. The van der Waals surface area contributed by atoms with Gasteiger partial charge in [-0.25, -0.2) is 0 Å². The van der Waals surface area contributed by atoms with E-state index >= 15 is 0 Å². The average molecular weight is 210 g/mol. The molecule has 1 aromatic heterocycles. The van der Waals surface area contributed by atoms with Crippen LogP contribution in [-0.4, -0.2) is 23.8 Å². The smallest absolute Gasteiger partial charge is 0.320 e. The van der Waals surface area contributed by atoms with E-state index in [0.717, 1.165) is 5.56 Å². The molecule has 0 aliphatic heterocycles. The molecule has 0 amide bonds. The first-order chi connectivity index (χ1) is 7.18. The highest BCUT2D eigenvalue weighted by Gasteiger charge is 2.03. The number of nitrogens with zero attached hydrogens (tertiary/aromatic N) is 1. The van der Waals surface area contributed by atoms with Crippen molar-refractivity contribution in [3.05, 3.63) is 30.1 Å². The van der Waals surface area contributed by atoms with E-state index in [2.05, 4.69) is 10.3 Å². The summed E-state index contributed by atoms with van der Waals surface area (Å²) in [4.78, 5) is 15.0. The number of esters is 1. The number of nitrogens with two attached hydrogens (primary N) is 2. The van der Waals surface area contributed by atoms with E-state index in [-0.39, 0.29) is 13.2 Å². The lowest BCUT2D eigenvalue weighted by molar-refractivity contribution is -0.144. The van der Waals surface area contributed by atoms with Gasteiger partial charge in [-0.2, -0.15) is 0 Å². The molecular formula is C9H14N4O2. The summed E-state index contributed by atoms with van der Waals surface area (Å²) < 4.78 is 4.93. The third-order valence-electron chi connectivity index (χ3n) is 1.60. The van der Waals surface area contributed by atoms with Gasteiger partial charge in [0.1, 0.15) is 12.9 Å². The number of carbonyl (C=O) groups is 1. The fourth-order valence-corrected chi connectivity index (χ4v) is 0.900. The van der Waals surface area contributed by atoms with Gasteiger partial charge in [-0.05, 0) is 6.07 Å². The van der Waals surface area contributed by atoms with Crippen molar-refractivity contribution in [3.8, 4) is 0 Å². The van der Waals surface area contributed by atoms with Crippen LogP contribution in [0.2, 0.25) is 0 Å². The van der Waals surface area contributed by atoms with E-state index in [4.69, 9.17) is 16.2 Å². The van der Waals surface area contributed by atoms with Crippen molar-refractivity contribution < 1.29 is 9.53 Å². The predicted molar refractivity (Wildman–Crippen MR) is 54.2 cm³/mol. The summed E-state index contributed by atoms with van der Waals surface area (Å²) in [5, 5.41) is 2.55. The molecule has 1 heterocycles. The summed E-state index contributed by atoms with van der Waals surface area (Å²) in [5.41, 5.74) is 11.2. The molecule has 0 spiro atoms. The Morgan fingerprint density at radius 3 is 3.00 bits per heavy atom. The molecule has 0 radical (unpaired) electrons. The highest BCUT2D eigenvalue weighted by atomic mass is 16.5. The number of nitrogens with one attached hydrogen (secondary N) is 1. The molecule has 0 bridgehead atoms. The van der Waals surface area contributed by atoms with Gasteiger partial charge in [0.25, 0.3) is 0 Å². The molecular weight excluding hydrogens is 196 g/mol. The Balaban J connectivity index is 2.23. The molecule has 1 rings (SSSR count). The zero-order chi connectivity index (χ0) is 11.1. The summed E-state index contributed by atoms with van der Waals surface area (Å²) in [6.45, 7) is 0.200. The van der Waals surface area contributed by atoms with Gasteiger partial charge in [0.15, 0.2) is 0 Å². The van der Waals surface area contributed by atoms with Crippen LogP contribution in [-0.2, 0) is 16.1 Å². The van der Waals surface area contributed by atoms with Crippen LogP contribution in [0.4, 0.5) is 0 Å². The first kappa shape index (κ1) is 11.6. The molecule has 6 nitrogen and oxygen atoms in total. The molecule has 0 aliphatic rings. The number of hydrogen-bond acceptors (Lipinski definition) is 6. The molecule has 5 N–H and O–H groups in total. The lowest BCUT2D eigenvalue weighted by atomic mass is 10.3. The Bertz CT molecular complexity index is 302. The van der Waals surface area contributed by atoms with Crippen LogP contribution < -0.4 is 16.8 Å². The second-order valence-corrected chi connectivity index (χ2v) is 2.93. The molecule has 6 heteroatoms. The third-order valence-corrected chi connectivity index (χ3v) is 1.60. The Hall–Kier alpha value is -1.50. The maximum atomic E-state index is 11.1. The van der Waals surface area contributed by atoms with Gasteiger partial charge >= 0.3 is 5.97 Å². The highest BCUT2D eigenvalue weighted by Crippen LogP contribution is 1.97. The van der Waals surface area contributed by atoms with Crippen molar-refractivity contribution in [1.82, 2.24) is 10.3 Å². The van der Waals surface area contributed by atoms with Crippen molar-refractivity contribution in [2.45, 2.75) is 12.9 Å². The lowest BCUT2D eigenvalue weighted by Crippen LogP contribution is -2.47. The highest BCUT2D eigenvalue weighted by molar-refractivity contribution is 5.71. The molecule has 0 aromatic carbocycles. The van der Waals surface area contributed by atoms with Gasteiger partial charge < -0.3 is 16.2 Å². The third kappa shape index (κ3) is 5.06. The van der Waals surface area contributed by atoms with E-state index in [0.29, 0.717) is 0 Å². The maximum absolute atomic E-state index is 11.1. The van der Waals surface area contributed by atoms with Gasteiger partial charge in [-0.15, -0.1) is 0 Å². The van der Waals surface area contributed by atoms with Crippen molar-refractivity contribution in [2.24, 2.45) is 11.5 Å². The minimum Gasteiger partial charge on any atom is -0.460 e. The van der Waals surface area contributed by atoms with E-state index in [1.54, 1.807) is 18.5 Å². The van der Waals surface area contributed by atoms with Gasteiger partial charge in [0, 0.05) is 18.0 Å². The van der Waals surface area contributed by atoms with Crippen LogP contribution in [0.5, 0.6) is 0 Å². The Morgan fingerprint density at radius 1 is 1.60 bits per heavy atom. The maximum Gasteiger partial charge on any atom is 0.320 e. The molecule has 1 aromatic rings. The number of hydrogen-bond donors (Lipinski definition) is 3. The molecule has 82 valence electrons. The summed E-state index contributed by atoms with van der Waals surface area (Å²) in [5.74, 6) is -0.403.